The molecule has 0 saturated heterocycles. The molecule has 6 heteroatoms. The first-order valence-electron chi connectivity index (χ1n) is 6.40. The lowest BCUT2D eigenvalue weighted by Gasteiger charge is -2.07. The van der Waals surface area contributed by atoms with E-state index in [2.05, 4.69) is 10.0 Å². The van der Waals surface area contributed by atoms with E-state index in [9.17, 15) is 8.42 Å². The predicted octanol–water partition coefficient (Wildman–Crippen LogP) is 0.332. The van der Waals surface area contributed by atoms with E-state index in [-0.39, 0.29) is 5.75 Å². The van der Waals surface area contributed by atoms with Gasteiger partial charge in [-0.1, -0.05) is 6.92 Å². The molecule has 1 rings (SSSR count). The van der Waals surface area contributed by atoms with Crippen molar-refractivity contribution in [1.82, 2.24) is 10.0 Å². The number of ether oxygens (including phenoxy) is 1. The first-order valence-corrected chi connectivity index (χ1v) is 8.05. The highest BCUT2D eigenvalue weighted by molar-refractivity contribution is 7.89. The van der Waals surface area contributed by atoms with Gasteiger partial charge in [0.2, 0.25) is 10.0 Å². The Bertz CT molecular complexity index is 289. The summed E-state index contributed by atoms with van der Waals surface area (Å²) in [5.41, 5.74) is 0. The van der Waals surface area contributed by atoms with Gasteiger partial charge in [0.25, 0.3) is 0 Å². The fraction of sp³-hybridized carbons (Fsp3) is 1.00. The van der Waals surface area contributed by atoms with Crippen molar-refractivity contribution in [3.05, 3.63) is 0 Å². The zero-order valence-corrected chi connectivity index (χ0v) is 11.4. The molecule has 2 N–H and O–H groups in total. The van der Waals surface area contributed by atoms with Crippen molar-refractivity contribution in [2.24, 2.45) is 5.92 Å². The number of sulfonamides is 1. The lowest BCUT2D eigenvalue weighted by atomic mass is 10.4. The third-order valence-electron chi connectivity index (χ3n) is 2.64. The summed E-state index contributed by atoms with van der Waals surface area (Å²) in [7, 11) is -3.11. The highest BCUT2D eigenvalue weighted by Crippen LogP contribution is 2.28. The van der Waals surface area contributed by atoms with Crippen LogP contribution < -0.4 is 10.0 Å². The van der Waals surface area contributed by atoms with Crippen LogP contribution in [0.2, 0.25) is 0 Å². The molecule has 0 aromatic carbocycles. The van der Waals surface area contributed by atoms with Crippen molar-refractivity contribution in [3.8, 4) is 0 Å². The minimum atomic E-state index is -3.11. The molecule has 1 saturated carbocycles. The van der Waals surface area contributed by atoms with Crippen LogP contribution in [0.1, 0.15) is 26.2 Å². The van der Waals surface area contributed by atoms with Gasteiger partial charge in [-0.25, -0.2) is 13.1 Å². The summed E-state index contributed by atoms with van der Waals surface area (Å²) in [5.74, 6) is 0.913. The van der Waals surface area contributed by atoms with Gasteiger partial charge < -0.3 is 10.1 Å². The van der Waals surface area contributed by atoms with Crippen LogP contribution in [-0.2, 0) is 14.8 Å². The first kappa shape index (κ1) is 14.9. The molecule has 0 bridgehead atoms. The van der Waals surface area contributed by atoms with E-state index >= 15 is 0 Å². The molecule has 0 aromatic rings. The molecular weight excluding hydrogens is 240 g/mol. The number of rotatable bonds is 11. The van der Waals surface area contributed by atoms with Crippen LogP contribution in [-0.4, -0.2) is 47.0 Å². The van der Waals surface area contributed by atoms with Gasteiger partial charge in [0.15, 0.2) is 0 Å². The summed E-state index contributed by atoms with van der Waals surface area (Å²) < 4.78 is 30.9. The molecule has 1 fully saturated rings. The van der Waals surface area contributed by atoms with Crippen molar-refractivity contribution >= 4 is 10.0 Å². The Kier molecular flexibility index (Phi) is 7.03. The van der Waals surface area contributed by atoms with Crippen molar-refractivity contribution in [2.75, 3.05) is 38.6 Å². The number of nitrogens with one attached hydrogen (secondary N) is 2. The van der Waals surface area contributed by atoms with Crippen molar-refractivity contribution < 1.29 is 13.2 Å². The maximum atomic E-state index is 11.5. The van der Waals surface area contributed by atoms with Gasteiger partial charge >= 0.3 is 0 Å². The SMILES string of the molecule is CCNCCS(=O)(=O)NCCCOCC1CC1. The predicted molar refractivity (Wildman–Crippen MR) is 68.5 cm³/mol. The average molecular weight is 264 g/mol. The van der Waals surface area contributed by atoms with Gasteiger partial charge in [-0.3, -0.25) is 0 Å². The molecule has 17 heavy (non-hydrogen) atoms. The minimum absolute atomic E-state index is 0.143. The molecule has 5 nitrogen and oxygen atoms in total. The Morgan fingerprint density at radius 1 is 1.29 bits per heavy atom. The molecule has 102 valence electrons. The van der Waals surface area contributed by atoms with E-state index in [1.54, 1.807) is 0 Å². The molecule has 0 heterocycles. The summed E-state index contributed by atoms with van der Waals surface area (Å²) in [4.78, 5) is 0. The highest BCUT2D eigenvalue weighted by atomic mass is 32.2. The molecule has 0 aromatic heterocycles. The van der Waals surface area contributed by atoms with Crippen molar-refractivity contribution in [3.63, 3.8) is 0 Å². The van der Waals surface area contributed by atoms with Gasteiger partial charge in [0.05, 0.1) is 5.75 Å². The largest absolute Gasteiger partial charge is 0.381 e. The normalized spacial score (nSPS) is 16.3. The molecule has 0 amide bonds. The smallest absolute Gasteiger partial charge is 0.212 e. The minimum Gasteiger partial charge on any atom is -0.381 e. The summed E-state index contributed by atoms with van der Waals surface area (Å²) in [6.45, 7) is 5.21. The Morgan fingerprint density at radius 3 is 2.71 bits per heavy atom. The lowest BCUT2D eigenvalue weighted by molar-refractivity contribution is 0.123. The molecule has 0 spiro atoms. The van der Waals surface area contributed by atoms with Gasteiger partial charge in [-0.2, -0.15) is 0 Å². The molecule has 1 aliphatic carbocycles. The second-order valence-corrected chi connectivity index (χ2v) is 6.37. The monoisotopic (exact) mass is 264 g/mol. The Labute approximate surface area is 104 Å². The highest BCUT2D eigenvalue weighted by Gasteiger charge is 2.20. The van der Waals surface area contributed by atoms with E-state index < -0.39 is 10.0 Å². The van der Waals surface area contributed by atoms with Crippen molar-refractivity contribution in [2.45, 2.75) is 26.2 Å². The first-order chi connectivity index (χ1) is 8.14. The van der Waals surface area contributed by atoms with E-state index in [1.165, 1.54) is 12.8 Å². The van der Waals surface area contributed by atoms with Crippen molar-refractivity contribution in [1.29, 1.82) is 0 Å². The zero-order valence-electron chi connectivity index (χ0n) is 10.6. The quantitative estimate of drug-likeness (QED) is 0.528. The summed E-state index contributed by atoms with van der Waals surface area (Å²) in [6.07, 6.45) is 3.32. The zero-order chi connectivity index (χ0) is 12.6. The average Bonchev–Trinajstić information content (AvgIpc) is 3.07. The molecule has 0 aliphatic heterocycles. The molecular formula is C11H24N2O3S. The molecule has 0 unspecified atom stereocenters. The van der Waals surface area contributed by atoms with E-state index in [0.717, 1.165) is 25.5 Å². The number of hydrogen-bond acceptors (Lipinski definition) is 4. The van der Waals surface area contributed by atoms with Gasteiger partial charge in [-0.15, -0.1) is 0 Å². The third kappa shape index (κ3) is 8.54. The number of hydrogen-bond donors (Lipinski definition) is 2. The van der Waals surface area contributed by atoms with Crippen LogP contribution >= 0.6 is 0 Å². The summed E-state index contributed by atoms with van der Waals surface area (Å²) >= 11 is 0. The van der Waals surface area contributed by atoms with E-state index in [1.807, 2.05) is 6.92 Å². The molecule has 1 aliphatic rings. The molecule has 0 atom stereocenters. The summed E-state index contributed by atoms with van der Waals surface area (Å²) in [5, 5.41) is 2.99. The second kappa shape index (κ2) is 8.02. The molecule has 0 radical (unpaired) electrons. The topological polar surface area (TPSA) is 67.4 Å². The third-order valence-corrected chi connectivity index (χ3v) is 4.02. The van der Waals surface area contributed by atoms with Crippen LogP contribution in [0.5, 0.6) is 0 Å². The van der Waals surface area contributed by atoms with Crippen LogP contribution in [0.3, 0.4) is 0 Å². The van der Waals surface area contributed by atoms with Gasteiger partial charge in [0, 0.05) is 26.3 Å². The second-order valence-electron chi connectivity index (χ2n) is 4.44. The van der Waals surface area contributed by atoms with Crippen LogP contribution in [0.15, 0.2) is 0 Å². The van der Waals surface area contributed by atoms with E-state index in [4.69, 9.17) is 4.74 Å². The Morgan fingerprint density at radius 2 is 2.06 bits per heavy atom. The van der Waals surface area contributed by atoms with Crippen LogP contribution in [0.25, 0.3) is 0 Å². The van der Waals surface area contributed by atoms with Crippen LogP contribution in [0, 0.1) is 5.92 Å². The van der Waals surface area contributed by atoms with Gasteiger partial charge in [-0.05, 0) is 31.7 Å². The van der Waals surface area contributed by atoms with Gasteiger partial charge in [0.1, 0.15) is 0 Å². The van der Waals surface area contributed by atoms with E-state index in [0.29, 0.717) is 19.7 Å². The maximum Gasteiger partial charge on any atom is 0.212 e. The Hall–Kier alpha value is -0.170. The Balaban J connectivity index is 1.92. The fourth-order valence-corrected chi connectivity index (χ4v) is 2.40. The fourth-order valence-electron chi connectivity index (χ4n) is 1.39. The lowest BCUT2D eigenvalue weighted by Crippen LogP contribution is -2.32. The van der Waals surface area contributed by atoms with Crippen LogP contribution in [0.4, 0.5) is 0 Å². The standard InChI is InChI=1S/C11H24N2O3S/c1-2-12-7-9-17(14,15)13-6-3-8-16-10-11-4-5-11/h11-13H,2-10H2,1H3. The maximum absolute atomic E-state index is 11.5. The summed E-state index contributed by atoms with van der Waals surface area (Å²) in [6, 6.07) is 0.